The van der Waals surface area contributed by atoms with Gasteiger partial charge < -0.3 is 16.0 Å². The van der Waals surface area contributed by atoms with Crippen LogP contribution in [-0.4, -0.2) is 33.1 Å². The first kappa shape index (κ1) is 27.9. The van der Waals surface area contributed by atoms with Gasteiger partial charge in [0.2, 0.25) is 0 Å². The third kappa shape index (κ3) is 5.74. The second-order valence-electron chi connectivity index (χ2n) is 10.4. The van der Waals surface area contributed by atoms with Gasteiger partial charge in [0.25, 0.3) is 0 Å². The summed E-state index contributed by atoms with van der Waals surface area (Å²) in [7, 11) is 0. The molecule has 2 aromatic heterocycles. The van der Waals surface area contributed by atoms with Crippen molar-refractivity contribution in [1.29, 1.82) is 5.26 Å². The third-order valence-electron chi connectivity index (χ3n) is 7.46. The number of piperidine rings is 1. The van der Waals surface area contributed by atoms with Crippen LogP contribution < -0.4 is 16.0 Å². The number of pyridine rings is 1. The molecule has 8 nitrogen and oxygen atoms in total. The van der Waals surface area contributed by atoms with Crippen molar-refractivity contribution in [3.05, 3.63) is 105 Å². The predicted octanol–water partition coefficient (Wildman–Crippen LogP) is 7.32. The Morgan fingerprint density at radius 1 is 1.10 bits per heavy atom. The number of aryl methyl sites for hydroxylation is 1. The molecule has 0 amide bonds. The van der Waals surface area contributed by atoms with E-state index < -0.39 is 5.82 Å². The Balaban J connectivity index is 1.43. The van der Waals surface area contributed by atoms with Gasteiger partial charge in [-0.3, -0.25) is 4.98 Å². The first-order valence-corrected chi connectivity index (χ1v) is 14.3. The molecule has 3 N–H and O–H groups in total. The molecule has 3 heterocycles. The van der Waals surface area contributed by atoms with Crippen LogP contribution in [0.25, 0.3) is 10.9 Å². The summed E-state index contributed by atoms with van der Waals surface area (Å²) in [4.78, 5) is 4.64. The minimum Gasteiger partial charge on any atom is -0.371 e. The lowest BCUT2D eigenvalue weighted by Crippen LogP contribution is -2.29. The van der Waals surface area contributed by atoms with Crippen LogP contribution in [0.5, 0.6) is 0 Å². The van der Waals surface area contributed by atoms with Crippen LogP contribution >= 0.6 is 23.2 Å². The quantitative estimate of drug-likeness (QED) is 0.180. The first-order valence-electron chi connectivity index (χ1n) is 13.6. The van der Waals surface area contributed by atoms with Gasteiger partial charge in [-0.15, -0.1) is 5.10 Å². The molecule has 1 aliphatic rings. The number of hydrogen-bond donors (Lipinski definition) is 3. The van der Waals surface area contributed by atoms with Crippen molar-refractivity contribution in [2.24, 2.45) is 0 Å². The summed E-state index contributed by atoms with van der Waals surface area (Å²) in [5, 5.41) is 30.2. The van der Waals surface area contributed by atoms with Crippen LogP contribution in [0, 0.1) is 24.1 Å². The molecular weight excluding hydrogens is 574 g/mol. The maximum Gasteiger partial charge on any atom is 0.141 e. The summed E-state index contributed by atoms with van der Waals surface area (Å²) in [5.74, 6) is -0.531. The number of nitrogens with one attached hydrogen (secondary N) is 3. The van der Waals surface area contributed by atoms with E-state index in [1.807, 2.05) is 17.8 Å². The summed E-state index contributed by atoms with van der Waals surface area (Å²) < 4.78 is 15.8. The molecule has 0 spiro atoms. The van der Waals surface area contributed by atoms with Crippen molar-refractivity contribution < 1.29 is 4.39 Å². The highest BCUT2D eigenvalue weighted by Gasteiger charge is 2.23. The SMILES string of the molecule is Cc1ccc(C(Nc2cc(Cl)cc3c(Nc4ccc(F)c(Cl)c4)c(C#N)cnc23)c2cn(C3CCNCC3)nn2)cc1. The average Bonchev–Trinajstić information content (AvgIpc) is 3.49. The third-order valence-corrected chi connectivity index (χ3v) is 7.97. The summed E-state index contributed by atoms with van der Waals surface area (Å²) in [5.41, 5.74) is 5.47. The summed E-state index contributed by atoms with van der Waals surface area (Å²) in [6.45, 7) is 3.94. The van der Waals surface area contributed by atoms with E-state index in [-0.39, 0.29) is 17.1 Å². The van der Waals surface area contributed by atoms with Crippen LogP contribution in [0.1, 0.15) is 47.3 Å². The molecular formula is C31H27Cl2FN8. The van der Waals surface area contributed by atoms with Crippen LogP contribution in [0.15, 0.2) is 67.0 Å². The van der Waals surface area contributed by atoms with E-state index in [0.717, 1.165) is 42.8 Å². The molecule has 3 aromatic carbocycles. The Morgan fingerprint density at radius 3 is 2.62 bits per heavy atom. The monoisotopic (exact) mass is 600 g/mol. The number of halogens is 3. The highest BCUT2D eigenvalue weighted by Crippen LogP contribution is 2.38. The normalized spacial score (nSPS) is 14.5. The maximum atomic E-state index is 13.8. The number of benzene rings is 3. The fraction of sp³-hybridized carbons (Fsp3) is 0.226. The first-order chi connectivity index (χ1) is 20.4. The molecule has 1 aliphatic heterocycles. The van der Waals surface area contributed by atoms with Gasteiger partial charge in [0, 0.05) is 22.3 Å². The van der Waals surface area contributed by atoms with E-state index in [9.17, 15) is 9.65 Å². The van der Waals surface area contributed by atoms with Crippen LogP contribution in [-0.2, 0) is 0 Å². The fourth-order valence-corrected chi connectivity index (χ4v) is 5.63. The van der Waals surface area contributed by atoms with Gasteiger partial charge in [-0.2, -0.15) is 5.26 Å². The molecule has 42 heavy (non-hydrogen) atoms. The number of anilines is 3. The Hall–Kier alpha value is -4.23. The Bertz CT molecular complexity index is 1790. The van der Waals surface area contributed by atoms with Crippen LogP contribution in [0.2, 0.25) is 10.0 Å². The summed E-state index contributed by atoms with van der Waals surface area (Å²) in [6, 6.07) is 18.2. The molecule has 1 fully saturated rings. The van der Waals surface area contributed by atoms with Gasteiger partial charge in [0.05, 0.1) is 45.8 Å². The minimum atomic E-state index is -0.531. The van der Waals surface area contributed by atoms with E-state index in [4.69, 9.17) is 23.2 Å². The van der Waals surface area contributed by atoms with Crippen molar-refractivity contribution in [1.82, 2.24) is 25.3 Å². The number of hydrogen-bond acceptors (Lipinski definition) is 7. The molecule has 0 radical (unpaired) electrons. The highest BCUT2D eigenvalue weighted by molar-refractivity contribution is 6.32. The Kier molecular flexibility index (Phi) is 7.94. The van der Waals surface area contributed by atoms with Gasteiger partial charge in [-0.05, 0) is 68.8 Å². The Morgan fingerprint density at radius 2 is 1.88 bits per heavy atom. The van der Waals surface area contributed by atoms with Gasteiger partial charge in [0.1, 0.15) is 17.6 Å². The smallest absolute Gasteiger partial charge is 0.141 e. The Labute approximate surface area is 252 Å². The standard InChI is InChI=1S/C31H27Cl2FN8/c1-18-2-4-19(5-3-18)30(28-17-42(41-40-28)23-8-10-36-11-9-23)39-27-13-21(32)12-24-29(20(15-35)16-37-31(24)27)38-22-6-7-26(34)25(33)14-22/h2-7,12-14,16-17,23,30,36,39H,8-11H2,1H3,(H,37,38). The maximum absolute atomic E-state index is 13.8. The van der Waals surface area contributed by atoms with Crippen molar-refractivity contribution in [2.75, 3.05) is 23.7 Å². The number of nitrogens with zero attached hydrogens (tertiary/aromatic N) is 5. The van der Waals surface area contributed by atoms with E-state index in [1.54, 1.807) is 18.2 Å². The molecule has 212 valence electrons. The molecule has 6 rings (SSSR count). The van der Waals surface area contributed by atoms with Gasteiger partial charge >= 0.3 is 0 Å². The lowest BCUT2D eigenvalue weighted by atomic mass is 10.0. The van der Waals surface area contributed by atoms with Gasteiger partial charge in [-0.25, -0.2) is 9.07 Å². The number of aromatic nitrogens is 4. The van der Waals surface area contributed by atoms with E-state index >= 15 is 0 Å². The zero-order chi connectivity index (χ0) is 29.2. The molecule has 1 atom stereocenters. The van der Waals surface area contributed by atoms with E-state index in [2.05, 4.69) is 61.6 Å². The van der Waals surface area contributed by atoms with E-state index in [1.165, 1.54) is 18.3 Å². The fourth-order valence-electron chi connectivity index (χ4n) is 5.23. The molecule has 11 heteroatoms. The summed E-state index contributed by atoms with van der Waals surface area (Å²) >= 11 is 12.7. The second-order valence-corrected chi connectivity index (χ2v) is 11.2. The second kappa shape index (κ2) is 11.9. The lowest BCUT2D eigenvalue weighted by molar-refractivity contribution is 0.337. The van der Waals surface area contributed by atoms with Crippen LogP contribution in [0.3, 0.4) is 0 Å². The molecule has 0 saturated carbocycles. The highest BCUT2D eigenvalue weighted by atomic mass is 35.5. The van der Waals surface area contributed by atoms with E-state index in [0.29, 0.717) is 38.6 Å². The zero-order valence-electron chi connectivity index (χ0n) is 22.7. The molecule has 0 bridgehead atoms. The van der Waals surface area contributed by atoms with Crippen molar-refractivity contribution in [3.8, 4) is 6.07 Å². The van der Waals surface area contributed by atoms with Crippen molar-refractivity contribution >= 4 is 51.2 Å². The predicted molar refractivity (Wildman–Crippen MR) is 164 cm³/mol. The molecule has 1 unspecified atom stereocenters. The van der Waals surface area contributed by atoms with Crippen molar-refractivity contribution in [2.45, 2.75) is 31.8 Å². The zero-order valence-corrected chi connectivity index (χ0v) is 24.2. The molecule has 0 aliphatic carbocycles. The lowest BCUT2D eigenvalue weighted by Gasteiger charge is -2.23. The summed E-state index contributed by atoms with van der Waals surface area (Å²) in [6.07, 6.45) is 5.49. The largest absolute Gasteiger partial charge is 0.371 e. The van der Waals surface area contributed by atoms with Crippen LogP contribution in [0.4, 0.5) is 21.5 Å². The molecule has 1 saturated heterocycles. The van der Waals surface area contributed by atoms with Gasteiger partial charge in [0.15, 0.2) is 0 Å². The number of nitriles is 1. The van der Waals surface area contributed by atoms with Crippen molar-refractivity contribution in [3.63, 3.8) is 0 Å². The topological polar surface area (TPSA) is 103 Å². The average molecular weight is 602 g/mol. The number of fused-ring (bicyclic) bond motifs is 1. The molecule has 5 aromatic rings. The minimum absolute atomic E-state index is 0.0317. The van der Waals surface area contributed by atoms with Gasteiger partial charge in [-0.1, -0.05) is 58.2 Å². The number of rotatable bonds is 7.